The average Bonchev–Trinajstić information content (AvgIpc) is 2.44. The molecule has 0 saturated heterocycles. The molecule has 0 aromatic heterocycles. The van der Waals surface area contributed by atoms with Crippen molar-refractivity contribution in [3.8, 4) is 0 Å². The zero-order chi connectivity index (χ0) is 15.6. The van der Waals surface area contributed by atoms with Gasteiger partial charge in [0.05, 0.1) is 26.1 Å². The van der Waals surface area contributed by atoms with Gasteiger partial charge >= 0.3 is 0 Å². The van der Waals surface area contributed by atoms with Crippen LogP contribution in [-0.2, 0) is 0 Å². The van der Waals surface area contributed by atoms with Gasteiger partial charge in [0.15, 0.2) is 0 Å². The summed E-state index contributed by atoms with van der Waals surface area (Å²) in [5.74, 6) is -0.857. The molecule has 0 aliphatic carbocycles. The predicted molar refractivity (Wildman–Crippen MR) is 86.4 cm³/mol. The summed E-state index contributed by atoms with van der Waals surface area (Å²) in [6, 6.07) is 9.16. The number of carbonyl (C=O) groups excluding carboxylic acids is 1. The van der Waals surface area contributed by atoms with E-state index in [-0.39, 0.29) is 22.0 Å². The molecule has 1 N–H and O–H groups in total. The Hall–Kier alpha value is -1.10. The van der Waals surface area contributed by atoms with Crippen LogP contribution < -0.4 is 5.32 Å². The molecule has 2 aromatic carbocycles. The Morgan fingerprint density at radius 2 is 1.95 bits per heavy atom. The summed E-state index contributed by atoms with van der Waals surface area (Å²) in [7, 11) is 0. The molecule has 0 radical (unpaired) electrons. The average molecular weight is 391 g/mol. The molecule has 6 heteroatoms. The van der Waals surface area contributed by atoms with Crippen LogP contribution in [0.4, 0.5) is 4.39 Å². The predicted octanol–water partition coefficient (Wildman–Crippen LogP) is 5.39. The topological polar surface area (TPSA) is 29.1 Å². The highest BCUT2D eigenvalue weighted by Crippen LogP contribution is 2.26. The summed E-state index contributed by atoms with van der Waals surface area (Å²) >= 11 is 14.9. The molecule has 0 spiro atoms. The third kappa shape index (κ3) is 3.76. The van der Waals surface area contributed by atoms with Crippen molar-refractivity contribution in [1.29, 1.82) is 0 Å². The highest BCUT2D eigenvalue weighted by Gasteiger charge is 2.16. The second kappa shape index (κ2) is 6.77. The van der Waals surface area contributed by atoms with Crippen molar-refractivity contribution in [2.45, 2.75) is 13.0 Å². The lowest BCUT2D eigenvalue weighted by Gasteiger charge is -2.15. The molecule has 0 bridgehead atoms. The van der Waals surface area contributed by atoms with Crippen molar-refractivity contribution in [1.82, 2.24) is 5.32 Å². The second-order valence-corrected chi connectivity index (χ2v) is 6.08. The number of hydrogen-bond acceptors (Lipinski definition) is 1. The van der Waals surface area contributed by atoms with Crippen LogP contribution in [-0.4, -0.2) is 5.91 Å². The first-order chi connectivity index (χ1) is 9.90. The third-order valence-corrected chi connectivity index (χ3v) is 4.53. The molecule has 21 heavy (non-hydrogen) atoms. The van der Waals surface area contributed by atoms with Crippen LogP contribution in [0.1, 0.15) is 28.9 Å². The first kappa shape index (κ1) is 16.3. The smallest absolute Gasteiger partial charge is 0.253 e. The van der Waals surface area contributed by atoms with E-state index in [0.29, 0.717) is 10.0 Å². The van der Waals surface area contributed by atoms with E-state index in [4.69, 9.17) is 23.2 Å². The van der Waals surface area contributed by atoms with Gasteiger partial charge in [0.2, 0.25) is 0 Å². The maximum Gasteiger partial charge on any atom is 0.253 e. The van der Waals surface area contributed by atoms with E-state index in [1.54, 1.807) is 24.3 Å². The minimum Gasteiger partial charge on any atom is -0.345 e. The number of rotatable bonds is 3. The van der Waals surface area contributed by atoms with Crippen molar-refractivity contribution in [2.24, 2.45) is 0 Å². The summed E-state index contributed by atoms with van der Waals surface area (Å²) in [6.45, 7) is 1.81. The maximum atomic E-state index is 13.4. The van der Waals surface area contributed by atoms with E-state index in [1.165, 1.54) is 12.1 Å². The quantitative estimate of drug-likeness (QED) is 0.748. The summed E-state index contributed by atoms with van der Waals surface area (Å²) in [4.78, 5) is 12.2. The Labute approximate surface area is 140 Å². The summed E-state index contributed by atoms with van der Waals surface area (Å²) in [5, 5.41) is 3.66. The summed E-state index contributed by atoms with van der Waals surface area (Å²) < 4.78 is 13.6. The Morgan fingerprint density at radius 1 is 1.24 bits per heavy atom. The van der Waals surface area contributed by atoms with Gasteiger partial charge in [-0.3, -0.25) is 4.79 Å². The maximum absolute atomic E-state index is 13.4. The molecule has 0 saturated carbocycles. The first-order valence-corrected chi connectivity index (χ1v) is 7.65. The zero-order valence-corrected chi connectivity index (χ0v) is 14.1. The van der Waals surface area contributed by atoms with Gasteiger partial charge in [-0.15, -0.1) is 0 Å². The standard InChI is InChI=1S/C15H11BrCl2FNO/c1-8(9-5-6-11(17)12(18)7-9)20-15(21)10-3-2-4-13(19)14(10)16/h2-8H,1H3,(H,20,21). The van der Waals surface area contributed by atoms with E-state index in [1.807, 2.05) is 6.92 Å². The first-order valence-electron chi connectivity index (χ1n) is 6.10. The van der Waals surface area contributed by atoms with Crippen molar-refractivity contribution in [2.75, 3.05) is 0 Å². The summed E-state index contributed by atoms with van der Waals surface area (Å²) in [6.07, 6.45) is 0. The third-order valence-electron chi connectivity index (χ3n) is 2.99. The molecular formula is C15H11BrCl2FNO. The Bertz CT molecular complexity index is 693. The van der Waals surface area contributed by atoms with Crippen LogP contribution in [0.3, 0.4) is 0 Å². The number of halogens is 4. The lowest BCUT2D eigenvalue weighted by molar-refractivity contribution is 0.0938. The molecule has 0 aliphatic heterocycles. The molecule has 0 aliphatic rings. The highest BCUT2D eigenvalue weighted by atomic mass is 79.9. The van der Waals surface area contributed by atoms with Gasteiger partial charge < -0.3 is 5.32 Å². The number of nitrogens with one attached hydrogen (secondary N) is 1. The van der Waals surface area contributed by atoms with E-state index >= 15 is 0 Å². The van der Waals surface area contributed by atoms with Crippen molar-refractivity contribution in [3.05, 3.63) is 67.9 Å². The number of hydrogen-bond donors (Lipinski definition) is 1. The largest absolute Gasteiger partial charge is 0.345 e. The van der Waals surface area contributed by atoms with Crippen LogP contribution in [0.2, 0.25) is 10.0 Å². The zero-order valence-electron chi connectivity index (χ0n) is 11.0. The Balaban J connectivity index is 2.18. The SMILES string of the molecule is CC(NC(=O)c1cccc(F)c1Br)c1ccc(Cl)c(Cl)c1. The fourth-order valence-electron chi connectivity index (χ4n) is 1.82. The normalized spacial score (nSPS) is 12.0. The van der Waals surface area contributed by atoms with Gasteiger partial charge in [-0.2, -0.15) is 0 Å². The Kier molecular flexibility index (Phi) is 5.25. The molecule has 110 valence electrons. The van der Waals surface area contributed by atoms with Crippen LogP contribution in [0.25, 0.3) is 0 Å². The minimum atomic E-state index is -0.482. The van der Waals surface area contributed by atoms with E-state index in [2.05, 4.69) is 21.2 Å². The van der Waals surface area contributed by atoms with E-state index in [9.17, 15) is 9.18 Å². The van der Waals surface area contributed by atoms with Crippen LogP contribution >= 0.6 is 39.1 Å². The molecule has 2 aromatic rings. The monoisotopic (exact) mass is 389 g/mol. The lowest BCUT2D eigenvalue weighted by Crippen LogP contribution is -2.27. The Morgan fingerprint density at radius 3 is 2.62 bits per heavy atom. The van der Waals surface area contributed by atoms with Crippen LogP contribution in [0.5, 0.6) is 0 Å². The van der Waals surface area contributed by atoms with Gasteiger partial charge in [-0.05, 0) is 52.7 Å². The lowest BCUT2D eigenvalue weighted by atomic mass is 10.1. The fraction of sp³-hybridized carbons (Fsp3) is 0.133. The molecule has 0 fully saturated rings. The number of amides is 1. The van der Waals surface area contributed by atoms with Crippen LogP contribution in [0.15, 0.2) is 40.9 Å². The van der Waals surface area contributed by atoms with E-state index in [0.717, 1.165) is 5.56 Å². The summed E-state index contributed by atoms with van der Waals surface area (Å²) in [5.41, 5.74) is 1.05. The molecule has 1 unspecified atom stereocenters. The van der Waals surface area contributed by atoms with Crippen molar-refractivity contribution >= 4 is 45.0 Å². The van der Waals surface area contributed by atoms with Gasteiger partial charge in [-0.25, -0.2) is 4.39 Å². The molecule has 2 nitrogen and oxygen atoms in total. The van der Waals surface area contributed by atoms with E-state index < -0.39 is 5.82 Å². The second-order valence-electron chi connectivity index (χ2n) is 4.47. The van der Waals surface area contributed by atoms with Crippen molar-refractivity contribution < 1.29 is 9.18 Å². The number of benzene rings is 2. The van der Waals surface area contributed by atoms with Crippen LogP contribution in [0, 0.1) is 5.82 Å². The highest BCUT2D eigenvalue weighted by molar-refractivity contribution is 9.10. The van der Waals surface area contributed by atoms with Gasteiger partial charge in [0.1, 0.15) is 5.82 Å². The van der Waals surface area contributed by atoms with Gasteiger partial charge in [-0.1, -0.05) is 35.3 Å². The van der Waals surface area contributed by atoms with Gasteiger partial charge in [0.25, 0.3) is 5.91 Å². The molecule has 1 amide bonds. The van der Waals surface area contributed by atoms with Crippen molar-refractivity contribution in [3.63, 3.8) is 0 Å². The fourth-order valence-corrected chi connectivity index (χ4v) is 2.57. The number of carbonyl (C=O) groups is 1. The van der Waals surface area contributed by atoms with Gasteiger partial charge in [0, 0.05) is 0 Å². The molecule has 2 rings (SSSR count). The molecule has 1 atom stereocenters. The minimum absolute atomic E-state index is 0.142. The molecular weight excluding hydrogens is 380 g/mol. The molecule has 0 heterocycles.